The van der Waals surface area contributed by atoms with Crippen molar-refractivity contribution in [1.29, 1.82) is 5.26 Å². The van der Waals surface area contributed by atoms with Gasteiger partial charge in [-0.3, -0.25) is 4.79 Å². The van der Waals surface area contributed by atoms with Gasteiger partial charge in [0.05, 0.1) is 0 Å². The molecule has 0 spiro atoms. The van der Waals surface area contributed by atoms with Crippen molar-refractivity contribution in [2.75, 3.05) is 5.32 Å². The molecule has 116 valence electrons. The summed E-state index contributed by atoms with van der Waals surface area (Å²) in [5.74, 6) is -0.423. The number of hydrogen-bond acceptors (Lipinski definition) is 2. The van der Waals surface area contributed by atoms with Crippen LogP contribution in [0, 0.1) is 11.3 Å². The third kappa shape index (κ3) is 3.53. The second kappa shape index (κ2) is 7.12. The molecule has 3 rings (SSSR count). The molecule has 3 aromatic carbocycles. The van der Waals surface area contributed by atoms with Crippen molar-refractivity contribution in [3.63, 3.8) is 0 Å². The van der Waals surface area contributed by atoms with E-state index in [1.54, 1.807) is 18.2 Å². The van der Waals surface area contributed by atoms with Crippen LogP contribution in [0.4, 0.5) is 5.69 Å². The summed E-state index contributed by atoms with van der Waals surface area (Å²) >= 11 is 3.35. The summed E-state index contributed by atoms with van der Waals surface area (Å²) < 4.78 is 0.923. The molecule has 0 aliphatic rings. The SMILES string of the molecule is N#C/C(=C\c1cccc2ccccc12)C(=O)Nc1ccc(Br)cc1. The smallest absolute Gasteiger partial charge is 0.266 e. The van der Waals surface area contributed by atoms with Crippen LogP contribution in [0.3, 0.4) is 0 Å². The molecule has 0 radical (unpaired) electrons. The quantitative estimate of drug-likeness (QED) is 0.507. The largest absolute Gasteiger partial charge is 0.321 e. The second-order valence-electron chi connectivity index (χ2n) is 5.20. The minimum atomic E-state index is -0.423. The molecular formula is C20H13BrN2O. The highest BCUT2D eigenvalue weighted by molar-refractivity contribution is 9.10. The molecule has 0 fully saturated rings. The number of amides is 1. The first-order valence-electron chi connectivity index (χ1n) is 7.34. The molecule has 3 aromatic rings. The molecule has 4 heteroatoms. The molecule has 0 aliphatic heterocycles. The van der Waals surface area contributed by atoms with Crippen LogP contribution in [0.25, 0.3) is 16.8 Å². The molecule has 0 bridgehead atoms. The number of carbonyl (C=O) groups is 1. The molecule has 0 unspecified atom stereocenters. The average molecular weight is 377 g/mol. The van der Waals surface area contributed by atoms with E-state index in [1.807, 2.05) is 60.7 Å². The van der Waals surface area contributed by atoms with Gasteiger partial charge in [0, 0.05) is 10.2 Å². The highest BCUT2D eigenvalue weighted by atomic mass is 79.9. The molecule has 1 N–H and O–H groups in total. The molecule has 0 aliphatic carbocycles. The Morgan fingerprint density at radius 1 is 1.00 bits per heavy atom. The number of nitrogens with zero attached hydrogens (tertiary/aromatic N) is 1. The van der Waals surface area contributed by atoms with Crippen molar-refractivity contribution in [3.05, 3.63) is 82.3 Å². The molecule has 0 saturated carbocycles. The zero-order valence-corrected chi connectivity index (χ0v) is 14.2. The summed E-state index contributed by atoms with van der Waals surface area (Å²) in [5, 5.41) is 14.2. The van der Waals surface area contributed by atoms with Crippen molar-refractivity contribution in [1.82, 2.24) is 0 Å². The minimum Gasteiger partial charge on any atom is -0.321 e. The summed E-state index contributed by atoms with van der Waals surface area (Å²) in [4.78, 5) is 12.4. The van der Waals surface area contributed by atoms with E-state index in [0.29, 0.717) is 5.69 Å². The van der Waals surface area contributed by atoms with Crippen molar-refractivity contribution in [2.24, 2.45) is 0 Å². The van der Waals surface area contributed by atoms with E-state index in [1.165, 1.54) is 0 Å². The third-order valence-corrected chi connectivity index (χ3v) is 4.12. The number of benzene rings is 3. The maximum atomic E-state index is 12.4. The molecule has 0 saturated heterocycles. The van der Waals surface area contributed by atoms with Gasteiger partial charge >= 0.3 is 0 Å². The van der Waals surface area contributed by atoms with Gasteiger partial charge in [-0.15, -0.1) is 0 Å². The fourth-order valence-corrected chi connectivity index (χ4v) is 2.68. The monoisotopic (exact) mass is 376 g/mol. The topological polar surface area (TPSA) is 52.9 Å². The fourth-order valence-electron chi connectivity index (χ4n) is 2.41. The van der Waals surface area contributed by atoms with E-state index in [4.69, 9.17) is 0 Å². The number of halogens is 1. The summed E-state index contributed by atoms with van der Waals surface area (Å²) in [7, 11) is 0. The Morgan fingerprint density at radius 3 is 2.46 bits per heavy atom. The predicted molar refractivity (Wildman–Crippen MR) is 100 cm³/mol. The molecule has 1 amide bonds. The zero-order chi connectivity index (χ0) is 16.9. The van der Waals surface area contributed by atoms with E-state index >= 15 is 0 Å². The molecule has 24 heavy (non-hydrogen) atoms. The first kappa shape index (κ1) is 16.0. The Bertz CT molecular complexity index is 964. The lowest BCUT2D eigenvalue weighted by atomic mass is 10.0. The van der Waals surface area contributed by atoms with Crippen LogP contribution in [0.1, 0.15) is 5.56 Å². The lowest BCUT2D eigenvalue weighted by Crippen LogP contribution is -2.13. The predicted octanol–water partition coefficient (Wildman–Crippen LogP) is 5.15. The normalized spacial score (nSPS) is 11.1. The third-order valence-electron chi connectivity index (χ3n) is 3.59. The zero-order valence-electron chi connectivity index (χ0n) is 12.7. The van der Waals surface area contributed by atoms with Crippen molar-refractivity contribution < 1.29 is 4.79 Å². The van der Waals surface area contributed by atoms with E-state index in [0.717, 1.165) is 20.8 Å². The van der Waals surface area contributed by atoms with Gasteiger partial charge < -0.3 is 5.32 Å². The Hall–Kier alpha value is -2.90. The number of nitriles is 1. The first-order chi connectivity index (χ1) is 11.7. The van der Waals surface area contributed by atoms with Crippen molar-refractivity contribution in [3.8, 4) is 6.07 Å². The number of nitrogens with one attached hydrogen (secondary N) is 1. The number of anilines is 1. The van der Waals surface area contributed by atoms with Crippen LogP contribution in [0.5, 0.6) is 0 Å². The Morgan fingerprint density at radius 2 is 1.71 bits per heavy atom. The van der Waals surface area contributed by atoms with Gasteiger partial charge in [-0.1, -0.05) is 58.4 Å². The lowest BCUT2D eigenvalue weighted by molar-refractivity contribution is -0.112. The maximum Gasteiger partial charge on any atom is 0.266 e. The van der Waals surface area contributed by atoms with Gasteiger partial charge in [-0.05, 0) is 46.7 Å². The van der Waals surface area contributed by atoms with Gasteiger partial charge in [0.1, 0.15) is 11.6 Å². The summed E-state index contributed by atoms with van der Waals surface area (Å²) in [6.45, 7) is 0. The summed E-state index contributed by atoms with van der Waals surface area (Å²) in [6, 6.07) is 22.9. The summed E-state index contributed by atoms with van der Waals surface area (Å²) in [5.41, 5.74) is 1.55. The minimum absolute atomic E-state index is 0.0641. The standard InChI is InChI=1S/C20H13BrN2O/c21-17-8-10-18(11-9-17)23-20(24)16(13-22)12-15-6-3-5-14-4-1-2-7-19(14)15/h1-12H,(H,23,24)/b16-12+. The summed E-state index contributed by atoms with van der Waals surface area (Å²) in [6.07, 6.45) is 1.62. The lowest BCUT2D eigenvalue weighted by Gasteiger charge is -2.06. The highest BCUT2D eigenvalue weighted by Crippen LogP contribution is 2.21. The Balaban J connectivity index is 1.92. The molecule has 0 atom stereocenters. The van der Waals surface area contributed by atoms with Gasteiger partial charge in [0.25, 0.3) is 5.91 Å². The van der Waals surface area contributed by atoms with Gasteiger partial charge in [0.15, 0.2) is 0 Å². The van der Waals surface area contributed by atoms with Gasteiger partial charge in [-0.25, -0.2) is 0 Å². The Labute approximate surface area is 148 Å². The van der Waals surface area contributed by atoms with E-state index < -0.39 is 5.91 Å². The van der Waals surface area contributed by atoms with E-state index in [-0.39, 0.29) is 5.57 Å². The number of carbonyl (C=O) groups excluding carboxylic acids is 1. The number of rotatable bonds is 3. The van der Waals surface area contributed by atoms with Crippen molar-refractivity contribution in [2.45, 2.75) is 0 Å². The van der Waals surface area contributed by atoms with Crippen LogP contribution in [0.2, 0.25) is 0 Å². The second-order valence-corrected chi connectivity index (χ2v) is 6.11. The number of fused-ring (bicyclic) bond motifs is 1. The van der Waals surface area contributed by atoms with Gasteiger partial charge in [0.2, 0.25) is 0 Å². The molecule has 0 aromatic heterocycles. The van der Waals surface area contributed by atoms with E-state index in [2.05, 4.69) is 21.2 Å². The molecule has 3 nitrogen and oxygen atoms in total. The fraction of sp³-hybridized carbons (Fsp3) is 0. The number of hydrogen-bond donors (Lipinski definition) is 1. The molecular weight excluding hydrogens is 364 g/mol. The molecule has 0 heterocycles. The average Bonchev–Trinajstić information content (AvgIpc) is 2.61. The van der Waals surface area contributed by atoms with Gasteiger partial charge in [-0.2, -0.15) is 5.26 Å². The van der Waals surface area contributed by atoms with Crippen molar-refractivity contribution >= 4 is 44.4 Å². The highest BCUT2D eigenvalue weighted by Gasteiger charge is 2.10. The Kier molecular flexibility index (Phi) is 4.74. The first-order valence-corrected chi connectivity index (χ1v) is 8.13. The van der Waals surface area contributed by atoms with Crippen LogP contribution in [0.15, 0.2) is 76.8 Å². The van der Waals surface area contributed by atoms with Crippen LogP contribution < -0.4 is 5.32 Å². The van der Waals surface area contributed by atoms with Crippen LogP contribution in [-0.4, -0.2) is 5.91 Å². The van der Waals surface area contributed by atoms with Crippen LogP contribution >= 0.6 is 15.9 Å². The van der Waals surface area contributed by atoms with Crippen LogP contribution in [-0.2, 0) is 4.79 Å². The maximum absolute atomic E-state index is 12.4. The van der Waals surface area contributed by atoms with E-state index in [9.17, 15) is 10.1 Å².